The number of ether oxygens (including phenoxy) is 1. The Kier molecular flexibility index (Phi) is 5.32. The first-order chi connectivity index (χ1) is 13.1. The van der Waals surface area contributed by atoms with Gasteiger partial charge in [0.1, 0.15) is 22.8 Å². The van der Waals surface area contributed by atoms with E-state index < -0.39 is 5.78 Å². The minimum absolute atomic E-state index is 0.113. The molecule has 1 aromatic heterocycles. The maximum atomic E-state index is 12.1. The predicted octanol–water partition coefficient (Wildman–Crippen LogP) is 3.30. The van der Waals surface area contributed by atoms with Crippen LogP contribution < -0.4 is 4.74 Å². The number of phenols is 2. The minimum Gasteiger partial charge on any atom is -0.507 e. The molecule has 27 heavy (non-hydrogen) atoms. The van der Waals surface area contributed by atoms with E-state index in [0.717, 1.165) is 11.0 Å². The first kappa shape index (κ1) is 17.9. The summed E-state index contributed by atoms with van der Waals surface area (Å²) in [5.41, 5.74) is 2.17. The summed E-state index contributed by atoms with van der Waals surface area (Å²) in [5, 5.41) is 29.6. The standard InChI is InChI=1S/C14H12O4.C6H5N3/c1-18-9-6-7-11(13(16)8-9)14(17)10-4-2-3-5-12(10)15;1-2-4-6-5(3-1)7-9-8-6/h2-8,15-16H,1H3;1-4H,(H,7,8,9). The monoisotopic (exact) mass is 363 g/mol. The van der Waals surface area contributed by atoms with Crippen LogP contribution in [0.3, 0.4) is 0 Å². The summed E-state index contributed by atoms with van der Waals surface area (Å²) in [6.45, 7) is 0. The Morgan fingerprint density at radius 3 is 2.33 bits per heavy atom. The summed E-state index contributed by atoms with van der Waals surface area (Å²) in [4.78, 5) is 12.1. The average molecular weight is 363 g/mol. The van der Waals surface area contributed by atoms with Gasteiger partial charge in [-0.05, 0) is 36.4 Å². The largest absolute Gasteiger partial charge is 0.507 e. The number of para-hydroxylation sites is 2. The van der Waals surface area contributed by atoms with Gasteiger partial charge in [-0.1, -0.05) is 29.5 Å². The Labute approximate surface area is 154 Å². The molecule has 0 unspecified atom stereocenters. The minimum atomic E-state index is -0.437. The highest BCUT2D eigenvalue weighted by molar-refractivity contribution is 6.12. The van der Waals surface area contributed by atoms with Crippen molar-refractivity contribution in [1.82, 2.24) is 15.4 Å². The zero-order chi connectivity index (χ0) is 19.2. The normalized spacial score (nSPS) is 10.1. The number of aromatic hydroxyl groups is 2. The molecule has 0 atom stereocenters. The van der Waals surface area contributed by atoms with Gasteiger partial charge in [0.05, 0.1) is 23.8 Å². The fourth-order valence-electron chi connectivity index (χ4n) is 2.43. The van der Waals surface area contributed by atoms with E-state index >= 15 is 0 Å². The number of methoxy groups -OCH3 is 1. The molecule has 0 saturated carbocycles. The molecule has 1 heterocycles. The van der Waals surface area contributed by atoms with Crippen molar-refractivity contribution in [2.24, 2.45) is 0 Å². The molecule has 0 aliphatic heterocycles. The van der Waals surface area contributed by atoms with Crippen LogP contribution in [0, 0.1) is 0 Å². The van der Waals surface area contributed by atoms with E-state index in [4.69, 9.17) is 4.74 Å². The van der Waals surface area contributed by atoms with Gasteiger partial charge in [-0.2, -0.15) is 0 Å². The fourth-order valence-corrected chi connectivity index (χ4v) is 2.43. The summed E-state index contributed by atoms with van der Waals surface area (Å²) < 4.78 is 4.94. The number of phenolic OH excluding ortho intramolecular Hbond substituents is 2. The second-order valence-electron chi connectivity index (χ2n) is 5.56. The van der Waals surface area contributed by atoms with E-state index in [1.165, 1.54) is 31.4 Å². The van der Waals surface area contributed by atoms with E-state index in [2.05, 4.69) is 15.4 Å². The number of H-pyrrole nitrogens is 1. The first-order valence-electron chi connectivity index (χ1n) is 8.05. The van der Waals surface area contributed by atoms with Crippen LogP contribution in [0.4, 0.5) is 0 Å². The molecule has 0 saturated heterocycles. The third-order valence-electron chi connectivity index (χ3n) is 3.83. The van der Waals surface area contributed by atoms with E-state index in [0.29, 0.717) is 5.75 Å². The number of nitrogens with zero attached hydrogens (tertiary/aromatic N) is 2. The second kappa shape index (κ2) is 8.01. The number of aromatic nitrogens is 3. The smallest absolute Gasteiger partial charge is 0.200 e. The molecular weight excluding hydrogens is 346 g/mol. The van der Waals surface area contributed by atoms with Crippen LogP contribution in [0.25, 0.3) is 11.0 Å². The molecule has 7 heteroatoms. The first-order valence-corrected chi connectivity index (χ1v) is 8.05. The van der Waals surface area contributed by atoms with E-state index in [-0.39, 0.29) is 22.6 Å². The summed E-state index contributed by atoms with van der Waals surface area (Å²) in [7, 11) is 1.47. The van der Waals surface area contributed by atoms with Gasteiger partial charge in [-0.15, -0.1) is 5.10 Å². The van der Waals surface area contributed by atoms with Gasteiger partial charge < -0.3 is 14.9 Å². The van der Waals surface area contributed by atoms with Crippen LogP contribution in [0.2, 0.25) is 0 Å². The lowest BCUT2D eigenvalue weighted by Crippen LogP contribution is -2.02. The van der Waals surface area contributed by atoms with Gasteiger partial charge in [0.25, 0.3) is 0 Å². The maximum Gasteiger partial charge on any atom is 0.200 e. The van der Waals surface area contributed by atoms with E-state index in [1.54, 1.807) is 18.2 Å². The summed E-state index contributed by atoms with van der Waals surface area (Å²) >= 11 is 0. The van der Waals surface area contributed by atoms with Crippen LogP contribution in [0.15, 0.2) is 66.7 Å². The summed E-state index contributed by atoms with van der Waals surface area (Å²) in [6, 6.07) is 18.3. The van der Waals surface area contributed by atoms with Crippen molar-refractivity contribution in [1.29, 1.82) is 0 Å². The zero-order valence-corrected chi connectivity index (χ0v) is 14.5. The van der Waals surface area contributed by atoms with Gasteiger partial charge in [-0.3, -0.25) is 9.89 Å². The Bertz CT molecular complexity index is 1050. The molecular formula is C20H17N3O4. The number of benzene rings is 3. The molecule has 0 fully saturated rings. The van der Waals surface area contributed by atoms with E-state index in [9.17, 15) is 15.0 Å². The topological polar surface area (TPSA) is 108 Å². The van der Waals surface area contributed by atoms with E-state index in [1.807, 2.05) is 24.3 Å². The number of hydrogen-bond acceptors (Lipinski definition) is 6. The zero-order valence-electron chi connectivity index (χ0n) is 14.5. The number of fused-ring (bicyclic) bond motifs is 1. The van der Waals surface area contributed by atoms with Crippen molar-refractivity contribution in [3.8, 4) is 17.2 Å². The highest BCUT2D eigenvalue weighted by Crippen LogP contribution is 2.28. The molecule has 4 aromatic rings. The molecule has 4 rings (SSSR count). The lowest BCUT2D eigenvalue weighted by atomic mass is 10.0. The number of carbonyl (C=O) groups excluding carboxylic acids is 1. The molecule has 3 aromatic carbocycles. The van der Waals surface area contributed by atoms with Crippen LogP contribution in [-0.4, -0.2) is 38.5 Å². The van der Waals surface area contributed by atoms with Crippen molar-refractivity contribution >= 4 is 16.8 Å². The number of nitrogens with one attached hydrogen (secondary N) is 1. The Balaban J connectivity index is 0.000000193. The fraction of sp³-hybridized carbons (Fsp3) is 0.0500. The molecule has 0 amide bonds. The molecule has 0 aliphatic rings. The number of ketones is 1. The molecule has 136 valence electrons. The molecule has 0 aliphatic carbocycles. The van der Waals surface area contributed by atoms with Crippen molar-refractivity contribution < 1.29 is 19.7 Å². The number of hydrogen-bond donors (Lipinski definition) is 3. The average Bonchev–Trinajstić information content (AvgIpc) is 3.17. The number of carbonyl (C=O) groups is 1. The van der Waals surface area contributed by atoms with Gasteiger partial charge in [0.2, 0.25) is 0 Å². The third-order valence-corrected chi connectivity index (χ3v) is 3.83. The van der Waals surface area contributed by atoms with Crippen molar-refractivity contribution in [2.75, 3.05) is 7.11 Å². The van der Waals surface area contributed by atoms with Crippen molar-refractivity contribution in [2.45, 2.75) is 0 Å². The third kappa shape index (κ3) is 4.04. The molecule has 0 radical (unpaired) electrons. The van der Waals surface area contributed by atoms with Crippen LogP contribution in [-0.2, 0) is 0 Å². The Morgan fingerprint density at radius 1 is 0.926 bits per heavy atom. The van der Waals surface area contributed by atoms with Crippen molar-refractivity contribution in [3.05, 3.63) is 77.9 Å². The van der Waals surface area contributed by atoms with Gasteiger partial charge in [0.15, 0.2) is 5.78 Å². The number of rotatable bonds is 3. The van der Waals surface area contributed by atoms with Crippen LogP contribution >= 0.6 is 0 Å². The summed E-state index contributed by atoms with van der Waals surface area (Å²) in [5.74, 6) is -0.269. The second-order valence-corrected chi connectivity index (χ2v) is 5.56. The van der Waals surface area contributed by atoms with Gasteiger partial charge >= 0.3 is 0 Å². The number of aromatic amines is 1. The molecule has 0 bridgehead atoms. The Morgan fingerprint density at radius 2 is 1.63 bits per heavy atom. The van der Waals surface area contributed by atoms with Crippen molar-refractivity contribution in [3.63, 3.8) is 0 Å². The van der Waals surface area contributed by atoms with Gasteiger partial charge in [-0.25, -0.2) is 0 Å². The quantitative estimate of drug-likeness (QED) is 0.482. The maximum absolute atomic E-state index is 12.1. The van der Waals surface area contributed by atoms with Crippen LogP contribution in [0.5, 0.6) is 17.2 Å². The molecule has 0 spiro atoms. The lowest BCUT2D eigenvalue weighted by Gasteiger charge is -2.07. The SMILES string of the molecule is COc1ccc(C(=O)c2ccccc2O)c(O)c1.c1ccc2[nH]nnc2c1. The van der Waals surface area contributed by atoms with Gasteiger partial charge in [0, 0.05) is 6.07 Å². The molecule has 3 N–H and O–H groups in total. The summed E-state index contributed by atoms with van der Waals surface area (Å²) in [6.07, 6.45) is 0. The highest BCUT2D eigenvalue weighted by Gasteiger charge is 2.16. The van der Waals surface area contributed by atoms with Crippen LogP contribution in [0.1, 0.15) is 15.9 Å². The highest BCUT2D eigenvalue weighted by atomic mass is 16.5. The lowest BCUT2D eigenvalue weighted by molar-refractivity contribution is 0.103. The molecule has 7 nitrogen and oxygen atoms in total. The Hall–Kier alpha value is -3.87. The predicted molar refractivity (Wildman–Crippen MR) is 100 cm³/mol.